The molecule has 6 nitrogen and oxygen atoms in total. The second-order valence-electron chi connectivity index (χ2n) is 7.76. The average Bonchev–Trinajstić information content (AvgIpc) is 2.83. The van der Waals surface area contributed by atoms with Gasteiger partial charge in [0.15, 0.2) is 0 Å². The van der Waals surface area contributed by atoms with Crippen LogP contribution in [0.4, 0.5) is 0 Å². The lowest BCUT2D eigenvalue weighted by molar-refractivity contribution is -0.122. The van der Waals surface area contributed by atoms with Gasteiger partial charge < -0.3 is 20.3 Å². The summed E-state index contributed by atoms with van der Waals surface area (Å²) in [5.41, 5.74) is 1.50. The second-order valence-corrected chi connectivity index (χ2v) is 7.76. The molecule has 0 fully saturated rings. The zero-order chi connectivity index (χ0) is 23.2. The molecule has 2 amide bonds. The average molecular weight is 440 g/mol. The number of nitrogens with zero attached hydrogens (tertiary/aromatic N) is 1. The maximum Gasteiger partial charge on any atom is 0.251 e. The van der Waals surface area contributed by atoms with Gasteiger partial charge in [-0.05, 0) is 49.3 Å². The van der Waals surface area contributed by atoms with Gasteiger partial charge in [-0.2, -0.15) is 0 Å². The number of likely N-dealkylation sites (N-methyl/N-ethyl adjacent to an activating group) is 1. The zero-order valence-corrected chi connectivity index (χ0v) is 19.6. The molecule has 32 heavy (non-hydrogen) atoms. The van der Waals surface area contributed by atoms with Gasteiger partial charge in [-0.3, -0.25) is 9.59 Å². The largest absolute Gasteiger partial charge is 0.492 e. The van der Waals surface area contributed by atoms with Gasteiger partial charge in [-0.1, -0.05) is 57.5 Å². The van der Waals surface area contributed by atoms with Gasteiger partial charge in [0.2, 0.25) is 5.91 Å². The highest BCUT2D eigenvalue weighted by Crippen LogP contribution is 2.14. The molecule has 0 saturated carbocycles. The van der Waals surface area contributed by atoms with Crippen LogP contribution >= 0.6 is 0 Å². The summed E-state index contributed by atoms with van der Waals surface area (Å²) in [6.45, 7) is 10.5. The highest BCUT2D eigenvalue weighted by Gasteiger charge is 2.21. The molecule has 0 aliphatic carbocycles. The number of benzene rings is 2. The Bertz CT molecular complexity index is 805. The van der Waals surface area contributed by atoms with Crippen molar-refractivity contribution in [3.05, 3.63) is 65.7 Å². The van der Waals surface area contributed by atoms with Gasteiger partial charge in [0, 0.05) is 25.1 Å². The van der Waals surface area contributed by atoms with Crippen LogP contribution in [0.3, 0.4) is 0 Å². The normalized spacial score (nSPS) is 11.8. The van der Waals surface area contributed by atoms with Crippen molar-refractivity contribution >= 4 is 11.8 Å². The molecule has 0 radical (unpaired) electrons. The first-order chi connectivity index (χ1) is 15.6. The lowest BCUT2D eigenvalue weighted by Crippen LogP contribution is -2.48. The third-order valence-corrected chi connectivity index (χ3v) is 5.42. The Hall–Kier alpha value is -2.86. The van der Waals surface area contributed by atoms with Crippen LogP contribution in [0, 0.1) is 0 Å². The molecule has 0 bridgehead atoms. The van der Waals surface area contributed by atoms with Gasteiger partial charge in [-0.25, -0.2) is 0 Å². The quantitative estimate of drug-likeness (QED) is 0.441. The van der Waals surface area contributed by atoms with E-state index in [1.54, 1.807) is 12.1 Å². The molecule has 0 spiro atoms. The number of unbranched alkanes of at least 4 members (excludes halogenated alkanes) is 1. The summed E-state index contributed by atoms with van der Waals surface area (Å²) < 4.78 is 5.84. The van der Waals surface area contributed by atoms with Crippen LogP contribution in [-0.2, 0) is 11.2 Å². The van der Waals surface area contributed by atoms with Crippen LogP contribution < -0.4 is 15.4 Å². The first-order valence-electron chi connectivity index (χ1n) is 11.6. The van der Waals surface area contributed by atoms with E-state index in [2.05, 4.69) is 36.3 Å². The summed E-state index contributed by atoms with van der Waals surface area (Å²) in [6, 6.07) is 16.1. The lowest BCUT2D eigenvalue weighted by Gasteiger charge is -2.19. The van der Waals surface area contributed by atoms with E-state index in [1.165, 1.54) is 0 Å². The van der Waals surface area contributed by atoms with Crippen molar-refractivity contribution in [2.24, 2.45) is 0 Å². The van der Waals surface area contributed by atoms with Gasteiger partial charge in [0.1, 0.15) is 18.4 Å². The molecule has 0 aliphatic rings. The predicted octanol–water partition coefficient (Wildman–Crippen LogP) is 3.66. The Morgan fingerprint density at radius 3 is 2.28 bits per heavy atom. The van der Waals surface area contributed by atoms with Gasteiger partial charge in [-0.15, -0.1) is 0 Å². The third kappa shape index (κ3) is 8.71. The highest BCUT2D eigenvalue weighted by atomic mass is 16.5. The number of rotatable bonds is 14. The van der Waals surface area contributed by atoms with E-state index in [0.717, 1.165) is 43.8 Å². The Morgan fingerprint density at radius 2 is 1.66 bits per heavy atom. The number of ether oxygens (including phenoxy) is 1. The number of carbonyl (C=O) groups is 2. The fraction of sp³-hybridized carbons (Fsp3) is 0.462. The molecule has 2 rings (SSSR count). The van der Waals surface area contributed by atoms with Crippen LogP contribution in [0.5, 0.6) is 5.75 Å². The molecular formula is C26H37N3O3. The van der Waals surface area contributed by atoms with Crippen molar-refractivity contribution in [2.45, 2.75) is 46.1 Å². The smallest absolute Gasteiger partial charge is 0.251 e. The van der Waals surface area contributed by atoms with E-state index in [0.29, 0.717) is 25.1 Å². The maximum absolute atomic E-state index is 12.8. The fourth-order valence-corrected chi connectivity index (χ4v) is 3.34. The maximum atomic E-state index is 12.8. The minimum absolute atomic E-state index is 0.165. The number of nitrogens with one attached hydrogen (secondary N) is 2. The molecule has 2 N–H and O–H groups in total. The topological polar surface area (TPSA) is 70.7 Å². The van der Waals surface area contributed by atoms with Crippen LogP contribution in [0.1, 0.15) is 49.5 Å². The second kappa shape index (κ2) is 14.2. The molecule has 174 valence electrons. The predicted molar refractivity (Wildman–Crippen MR) is 129 cm³/mol. The first-order valence-corrected chi connectivity index (χ1v) is 11.6. The van der Waals surface area contributed by atoms with Crippen molar-refractivity contribution in [1.82, 2.24) is 15.5 Å². The Kier molecular flexibility index (Phi) is 11.3. The van der Waals surface area contributed by atoms with Gasteiger partial charge in [0.25, 0.3) is 5.91 Å². The Morgan fingerprint density at radius 1 is 0.969 bits per heavy atom. The number of carbonyl (C=O) groups excluding carboxylic acids is 2. The van der Waals surface area contributed by atoms with Crippen molar-refractivity contribution < 1.29 is 14.3 Å². The van der Waals surface area contributed by atoms with Crippen molar-refractivity contribution in [3.8, 4) is 5.75 Å². The number of hydrogen-bond donors (Lipinski definition) is 2. The SMILES string of the molecule is CCCCNC(=O)C(Cc1ccc(OCCN(CC)CC)cc1)NC(=O)c1ccccc1. The summed E-state index contributed by atoms with van der Waals surface area (Å²) in [7, 11) is 0. The van der Waals surface area contributed by atoms with Crippen LogP contribution in [0.25, 0.3) is 0 Å². The van der Waals surface area contributed by atoms with E-state index in [4.69, 9.17) is 4.74 Å². The summed E-state index contributed by atoms with van der Waals surface area (Å²) in [6.07, 6.45) is 2.32. The minimum atomic E-state index is -0.644. The monoisotopic (exact) mass is 439 g/mol. The van der Waals surface area contributed by atoms with E-state index in [-0.39, 0.29) is 11.8 Å². The highest BCUT2D eigenvalue weighted by molar-refractivity contribution is 5.97. The molecule has 1 atom stereocenters. The zero-order valence-electron chi connectivity index (χ0n) is 19.6. The third-order valence-electron chi connectivity index (χ3n) is 5.42. The molecule has 1 unspecified atom stereocenters. The molecule has 6 heteroatoms. The summed E-state index contributed by atoms with van der Waals surface area (Å²) in [5, 5.41) is 5.83. The summed E-state index contributed by atoms with van der Waals surface area (Å²) >= 11 is 0. The van der Waals surface area contributed by atoms with Crippen LogP contribution in [-0.4, -0.2) is 55.5 Å². The Labute approximate surface area is 192 Å². The first kappa shape index (κ1) is 25.4. The van der Waals surface area contributed by atoms with Crippen molar-refractivity contribution in [2.75, 3.05) is 32.8 Å². The van der Waals surface area contributed by atoms with Crippen molar-refractivity contribution in [1.29, 1.82) is 0 Å². The van der Waals surface area contributed by atoms with Crippen LogP contribution in [0.15, 0.2) is 54.6 Å². The number of hydrogen-bond acceptors (Lipinski definition) is 4. The molecule has 0 saturated heterocycles. The molecular weight excluding hydrogens is 402 g/mol. The van der Waals surface area contributed by atoms with Crippen LogP contribution in [0.2, 0.25) is 0 Å². The molecule has 2 aromatic carbocycles. The lowest BCUT2D eigenvalue weighted by atomic mass is 10.0. The fourth-order valence-electron chi connectivity index (χ4n) is 3.34. The van der Waals surface area contributed by atoms with E-state index >= 15 is 0 Å². The number of amides is 2. The molecule has 2 aromatic rings. The van der Waals surface area contributed by atoms with E-state index in [1.807, 2.05) is 42.5 Å². The summed E-state index contributed by atoms with van der Waals surface area (Å²) in [4.78, 5) is 27.7. The van der Waals surface area contributed by atoms with Crippen molar-refractivity contribution in [3.63, 3.8) is 0 Å². The Balaban J connectivity index is 1.99. The van der Waals surface area contributed by atoms with Gasteiger partial charge >= 0.3 is 0 Å². The molecule has 0 aromatic heterocycles. The summed E-state index contributed by atoms with van der Waals surface area (Å²) in [5.74, 6) is 0.387. The van der Waals surface area contributed by atoms with Gasteiger partial charge in [0.05, 0.1) is 0 Å². The standard InChI is InChI=1S/C26H37N3O3/c1-4-7-17-27-26(31)24(28-25(30)22-11-9-8-10-12-22)20-21-13-15-23(16-14-21)32-19-18-29(5-2)6-3/h8-16,24H,4-7,17-20H2,1-3H3,(H,27,31)(H,28,30). The van der Waals surface area contributed by atoms with E-state index < -0.39 is 6.04 Å². The molecule has 0 heterocycles. The minimum Gasteiger partial charge on any atom is -0.492 e. The molecule has 0 aliphatic heterocycles. The van der Waals surface area contributed by atoms with E-state index in [9.17, 15) is 9.59 Å².